The lowest BCUT2D eigenvalue weighted by atomic mass is 10.00. The van der Waals surface area contributed by atoms with E-state index in [9.17, 15) is 23.3 Å². The maximum Gasteiger partial charge on any atom is 0.269 e. The van der Waals surface area contributed by atoms with Gasteiger partial charge in [-0.2, -0.15) is 0 Å². The summed E-state index contributed by atoms with van der Waals surface area (Å²) in [7, 11) is -3.50. The number of hydrogen-bond acceptors (Lipinski definition) is 5. The maximum absolute atomic E-state index is 12.0. The number of carbonyl (C=O) groups is 1. The number of non-ortho nitro benzene ring substituents is 1. The zero-order chi connectivity index (χ0) is 14.8. The molecule has 7 heteroatoms. The van der Waals surface area contributed by atoms with E-state index in [0.717, 1.165) is 6.26 Å². The van der Waals surface area contributed by atoms with Crippen LogP contribution in [0.1, 0.15) is 19.4 Å². The standard InChI is InChI=1S/C12H15NO5S/c1-12(2,19(3,17)18)11(14)8-9-4-6-10(7-5-9)13(15)16/h4-7H,8H2,1-3H3. The van der Waals surface area contributed by atoms with Crippen molar-refractivity contribution in [3.8, 4) is 0 Å². The highest BCUT2D eigenvalue weighted by atomic mass is 32.2. The maximum atomic E-state index is 12.0. The zero-order valence-electron chi connectivity index (χ0n) is 10.9. The molecule has 0 atom stereocenters. The molecule has 1 rings (SSSR count). The minimum absolute atomic E-state index is 0.0708. The van der Waals surface area contributed by atoms with Crippen LogP contribution in [0.5, 0.6) is 0 Å². The van der Waals surface area contributed by atoms with Crippen LogP contribution in [0.15, 0.2) is 24.3 Å². The van der Waals surface area contributed by atoms with Crippen molar-refractivity contribution in [2.45, 2.75) is 25.0 Å². The normalized spacial score (nSPS) is 12.2. The van der Waals surface area contributed by atoms with Gasteiger partial charge in [0.15, 0.2) is 15.6 Å². The lowest BCUT2D eigenvalue weighted by Crippen LogP contribution is -2.40. The highest BCUT2D eigenvalue weighted by Gasteiger charge is 2.37. The summed E-state index contributed by atoms with van der Waals surface area (Å²) in [5.74, 6) is -0.441. The second-order valence-corrected chi connectivity index (χ2v) is 7.37. The molecular weight excluding hydrogens is 270 g/mol. The van der Waals surface area contributed by atoms with Crippen molar-refractivity contribution >= 4 is 21.3 Å². The number of nitro benzene ring substituents is 1. The van der Waals surface area contributed by atoms with Crippen LogP contribution in [-0.2, 0) is 21.1 Å². The molecule has 1 aromatic carbocycles. The molecule has 0 fully saturated rings. The van der Waals surface area contributed by atoms with E-state index in [1.165, 1.54) is 38.1 Å². The van der Waals surface area contributed by atoms with Crippen LogP contribution < -0.4 is 0 Å². The number of ketones is 1. The fourth-order valence-electron chi connectivity index (χ4n) is 1.34. The van der Waals surface area contributed by atoms with Gasteiger partial charge in [0.1, 0.15) is 4.75 Å². The average Bonchev–Trinajstić information content (AvgIpc) is 2.28. The van der Waals surface area contributed by atoms with Gasteiger partial charge >= 0.3 is 0 Å². The first-order chi connectivity index (χ1) is 8.55. The minimum Gasteiger partial charge on any atom is -0.298 e. The van der Waals surface area contributed by atoms with Crippen LogP contribution in [0.2, 0.25) is 0 Å². The Balaban J connectivity index is 2.92. The quantitative estimate of drug-likeness (QED) is 0.604. The first kappa shape index (κ1) is 15.3. The first-order valence-electron chi connectivity index (χ1n) is 5.52. The Kier molecular flexibility index (Phi) is 4.09. The van der Waals surface area contributed by atoms with Gasteiger partial charge in [0, 0.05) is 24.8 Å². The van der Waals surface area contributed by atoms with E-state index < -0.39 is 25.3 Å². The van der Waals surface area contributed by atoms with E-state index in [0.29, 0.717) is 5.56 Å². The summed E-state index contributed by atoms with van der Waals surface area (Å²) >= 11 is 0. The molecule has 0 radical (unpaired) electrons. The number of benzene rings is 1. The highest BCUT2D eigenvalue weighted by molar-refractivity contribution is 7.92. The van der Waals surface area contributed by atoms with Gasteiger partial charge in [0.05, 0.1) is 4.92 Å². The molecule has 104 valence electrons. The van der Waals surface area contributed by atoms with Crippen LogP contribution in [0, 0.1) is 10.1 Å². The van der Waals surface area contributed by atoms with Crippen LogP contribution in [0.3, 0.4) is 0 Å². The summed E-state index contributed by atoms with van der Waals surface area (Å²) in [5, 5.41) is 10.5. The van der Waals surface area contributed by atoms with Crippen molar-refractivity contribution in [3.05, 3.63) is 39.9 Å². The summed E-state index contributed by atoms with van der Waals surface area (Å²) in [4.78, 5) is 21.9. The summed E-state index contributed by atoms with van der Waals surface area (Å²) in [6.45, 7) is 2.71. The molecule has 0 N–H and O–H groups in total. The fraction of sp³-hybridized carbons (Fsp3) is 0.417. The third-order valence-corrected chi connectivity index (χ3v) is 5.19. The molecule has 0 aliphatic rings. The number of sulfone groups is 1. The number of rotatable bonds is 5. The molecule has 0 aliphatic carbocycles. The van der Waals surface area contributed by atoms with Gasteiger partial charge in [-0.3, -0.25) is 14.9 Å². The lowest BCUT2D eigenvalue weighted by Gasteiger charge is -2.20. The Morgan fingerprint density at radius 3 is 2.11 bits per heavy atom. The van der Waals surface area contributed by atoms with E-state index in [2.05, 4.69) is 0 Å². The van der Waals surface area contributed by atoms with Crippen molar-refractivity contribution < 1.29 is 18.1 Å². The summed E-state index contributed by atoms with van der Waals surface area (Å²) < 4.78 is 21.6. The molecular formula is C12H15NO5S. The smallest absolute Gasteiger partial charge is 0.269 e. The predicted octanol–water partition coefficient (Wildman–Crippen LogP) is 1.53. The van der Waals surface area contributed by atoms with E-state index in [4.69, 9.17) is 0 Å². The Labute approximate surface area is 111 Å². The van der Waals surface area contributed by atoms with Gasteiger partial charge in [-0.25, -0.2) is 8.42 Å². The largest absolute Gasteiger partial charge is 0.298 e. The zero-order valence-corrected chi connectivity index (χ0v) is 11.7. The van der Waals surface area contributed by atoms with Crippen molar-refractivity contribution in [2.24, 2.45) is 0 Å². The molecule has 0 aliphatic heterocycles. The monoisotopic (exact) mass is 285 g/mol. The lowest BCUT2D eigenvalue weighted by molar-refractivity contribution is -0.384. The molecule has 6 nitrogen and oxygen atoms in total. The van der Waals surface area contributed by atoms with Crippen molar-refractivity contribution in [1.82, 2.24) is 0 Å². The number of nitro groups is 1. The van der Waals surface area contributed by atoms with Crippen molar-refractivity contribution in [1.29, 1.82) is 0 Å². The summed E-state index contributed by atoms with van der Waals surface area (Å²) in [5.41, 5.74) is 0.478. The van der Waals surface area contributed by atoms with E-state index in [1.54, 1.807) is 0 Å². The predicted molar refractivity (Wildman–Crippen MR) is 70.7 cm³/mol. The van der Waals surface area contributed by atoms with Gasteiger partial charge in [0.2, 0.25) is 0 Å². The molecule has 0 amide bonds. The molecule has 19 heavy (non-hydrogen) atoms. The highest BCUT2D eigenvalue weighted by Crippen LogP contribution is 2.20. The molecule has 0 bridgehead atoms. The Hall–Kier alpha value is -1.76. The van der Waals surface area contributed by atoms with Crippen LogP contribution in [0.4, 0.5) is 5.69 Å². The summed E-state index contributed by atoms with van der Waals surface area (Å²) in [6, 6.07) is 5.48. The Bertz CT molecular complexity index is 602. The van der Waals surface area contributed by atoms with Gasteiger partial charge < -0.3 is 0 Å². The molecule has 1 aromatic rings. The molecule has 0 heterocycles. The average molecular weight is 285 g/mol. The summed E-state index contributed by atoms with van der Waals surface area (Å²) in [6.07, 6.45) is 0.943. The SMILES string of the molecule is CC(C)(C(=O)Cc1ccc([N+](=O)[O-])cc1)S(C)(=O)=O. The van der Waals surface area contributed by atoms with E-state index in [1.807, 2.05) is 0 Å². The Morgan fingerprint density at radius 1 is 1.26 bits per heavy atom. The van der Waals surface area contributed by atoms with Gasteiger partial charge in [0.25, 0.3) is 5.69 Å². The molecule has 0 aromatic heterocycles. The van der Waals surface area contributed by atoms with E-state index in [-0.39, 0.29) is 12.1 Å². The van der Waals surface area contributed by atoms with E-state index >= 15 is 0 Å². The Morgan fingerprint density at radius 2 is 1.74 bits per heavy atom. The van der Waals surface area contributed by atoms with Crippen LogP contribution in [-0.4, -0.2) is 30.1 Å². The van der Waals surface area contributed by atoms with Crippen molar-refractivity contribution in [3.63, 3.8) is 0 Å². The van der Waals surface area contributed by atoms with Gasteiger partial charge in [-0.05, 0) is 19.4 Å². The van der Waals surface area contributed by atoms with Gasteiger partial charge in [-0.15, -0.1) is 0 Å². The van der Waals surface area contributed by atoms with Gasteiger partial charge in [-0.1, -0.05) is 12.1 Å². The minimum atomic E-state index is -3.50. The number of hydrogen-bond donors (Lipinski definition) is 0. The second-order valence-electron chi connectivity index (χ2n) is 4.81. The number of nitrogens with zero attached hydrogens (tertiary/aromatic N) is 1. The third kappa shape index (κ3) is 3.37. The molecule has 0 saturated carbocycles. The fourth-order valence-corrected chi connectivity index (χ4v) is 1.83. The molecule has 0 saturated heterocycles. The molecule has 0 unspecified atom stereocenters. The number of carbonyl (C=O) groups excluding carboxylic acids is 1. The number of Topliss-reactive ketones (excluding diaryl/α,β-unsaturated/α-hetero) is 1. The topological polar surface area (TPSA) is 94.3 Å². The third-order valence-electron chi connectivity index (χ3n) is 3.11. The second kappa shape index (κ2) is 5.08. The molecule has 0 spiro atoms. The van der Waals surface area contributed by atoms with Crippen molar-refractivity contribution in [2.75, 3.05) is 6.26 Å². The van der Waals surface area contributed by atoms with Crippen LogP contribution >= 0.6 is 0 Å². The van der Waals surface area contributed by atoms with Crippen LogP contribution in [0.25, 0.3) is 0 Å². The first-order valence-corrected chi connectivity index (χ1v) is 7.41.